The normalized spacial score (nSPS) is 9.91. The third-order valence-electron chi connectivity index (χ3n) is 6.60. The van der Waals surface area contributed by atoms with E-state index in [1.807, 2.05) is 60.7 Å². The summed E-state index contributed by atoms with van der Waals surface area (Å²) < 4.78 is 10.4. The monoisotopic (exact) mass is 591 g/mol. The van der Waals surface area contributed by atoms with E-state index in [2.05, 4.69) is 34.3 Å². The van der Waals surface area contributed by atoms with E-state index in [0.717, 1.165) is 33.8 Å². The minimum Gasteiger partial charge on any atom is -0.497 e. The lowest BCUT2D eigenvalue weighted by molar-refractivity contribution is 0.102. The zero-order valence-electron chi connectivity index (χ0n) is 24.7. The summed E-state index contributed by atoms with van der Waals surface area (Å²) in [7, 11) is 3.23. The molecule has 0 atom stereocenters. The molecule has 0 fully saturated rings. The van der Waals surface area contributed by atoms with Gasteiger partial charge in [0.15, 0.2) is 0 Å². The summed E-state index contributed by atoms with van der Waals surface area (Å²) in [6.07, 6.45) is 0. The predicted octanol–water partition coefficient (Wildman–Crippen LogP) is 6.59. The first-order chi connectivity index (χ1) is 21.9. The van der Waals surface area contributed by atoms with Crippen molar-refractivity contribution in [3.8, 4) is 35.2 Å². The third kappa shape index (κ3) is 8.32. The Balaban J connectivity index is 1.26. The van der Waals surface area contributed by atoms with Crippen molar-refractivity contribution < 1.29 is 19.1 Å². The zero-order valence-corrected chi connectivity index (χ0v) is 24.7. The van der Waals surface area contributed by atoms with Gasteiger partial charge in [-0.3, -0.25) is 9.59 Å². The van der Waals surface area contributed by atoms with Gasteiger partial charge in [0.1, 0.15) is 11.5 Å². The number of nitrogens with two attached hydrogens (primary N) is 1. The Morgan fingerprint density at radius 1 is 0.533 bits per heavy atom. The van der Waals surface area contributed by atoms with Crippen LogP contribution in [0.25, 0.3) is 0 Å². The van der Waals surface area contributed by atoms with Crippen LogP contribution in [-0.4, -0.2) is 26.0 Å². The number of nitrogens with one attached hydrogen (secondary N) is 2. The van der Waals surface area contributed by atoms with Crippen LogP contribution in [0.1, 0.15) is 43.0 Å². The van der Waals surface area contributed by atoms with Crippen molar-refractivity contribution in [1.82, 2.24) is 0 Å². The van der Waals surface area contributed by atoms with Crippen molar-refractivity contribution in [2.45, 2.75) is 0 Å². The summed E-state index contributed by atoms with van der Waals surface area (Å²) in [5.74, 6) is 13.1. The Labute approximate surface area is 262 Å². The number of methoxy groups -OCH3 is 2. The van der Waals surface area contributed by atoms with Crippen molar-refractivity contribution in [3.63, 3.8) is 0 Å². The van der Waals surface area contributed by atoms with E-state index in [9.17, 15) is 9.59 Å². The van der Waals surface area contributed by atoms with Crippen molar-refractivity contribution in [2.24, 2.45) is 0 Å². The lowest BCUT2D eigenvalue weighted by Gasteiger charge is -2.10. The molecule has 0 aliphatic rings. The number of anilines is 3. The van der Waals surface area contributed by atoms with Gasteiger partial charge in [-0.25, -0.2) is 0 Å². The Morgan fingerprint density at radius 2 is 0.933 bits per heavy atom. The molecule has 5 aromatic rings. The molecule has 0 aliphatic heterocycles. The average Bonchev–Trinajstić information content (AvgIpc) is 3.07. The van der Waals surface area contributed by atoms with Gasteiger partial charge in [0, 0.05) is 50.4 Å². The quantitative estimate of drug-likeness (QED) is 0.153. The molecule has 220 valence electrons. The Morgan fingerprint density at radius 3 is 1.33 bits per heavy atom. The van der Waals surface area contributed by atoms with E-state index in [4.69, 9.17) is 15.2 Å². The zero-order chi connectivity index (χ0) is 31.6. The third-order valence-corrected chi connectivity index (χ3v) is 6.60. The molecule has 2 amide bonds. The minimum atomic E-state index is -0.410. The molecule has 45 heavy (non-hydrogen) atoms. The molecule has 0 saturated heterocycles. The van der Waals surface area contributed by atoms with Crippen molar-refractivity contribution in [2.75, 3.05) is 30.6 Å². The van der Waals surface area contributed by atoms with Gasteiger partial charge in [0.2, 0.25) is 0 Å². The highest BCUT2D eigenvalue weighted by atomic mass is 16.5. The summed E-state index contributed by atoms with van der Waals surface area (Å²) in [5.41, 5.74) is 11.1. The standard InChI is InChI=1S/C38H29N3O4/c1-44-35-17-13-26(14-18-35)9-11-28-5-3-7-33(21-28)40-37(42)30-23-31(25-32(39)24-30)38(43)41-34-8-4-6-29(22-34)12-10-27-15-19-36(45-2)20-16-27/h3-8,13-25H,39H2,1-2H3,(H,40,42)(H,41,43). The molecule has 5 rings (SSSR count). The van der Waals surface area contributed by atoms with Crippen molar-refractivity contribution in [3.05, 3.63) is 149 Å². The maximum absolute atomic E-state index is 13.2. The van der Waals surface area contributed by atoms with E-state index in [1.165, 1.54) is 18.2 Å². The van der Waals surface area contributed by atoms with Crippen LogP contribution in [0, 0.1) is 23.7 Å². The largest absolute Gasteiger partial charge is 0.497 e. The van der Waals surface area contributed by atoms with Gasteiger partial charge in [-0.1, -0.05) is 35.8 Å². The molecule has 7 heteroatoms. The number of hydrogen-bond acceptors (Lipinski definition) is 5. The smallest absolute Gasteiger partial charge is 0.255 e. The molecule has 0 aromatic heterocycles. The lowest BCUT2D eigenvalue weighted by atomic mass is 10.1. The first-order valence-corrected chi connectivity index (χ1v) is 13.9. The van der Waals surface area contributed by atoms with Crippen LogP contribution < -0.4 is 25.8 Å². The van der Waals surface area contributed by atoms with Crippen LogP contribution >= 0.6 is 0 Å². The minimum absolute atomic E-state index is 0.244. The second-order valence-electron chi connectivity index (χ2n) is 9.87. The first-order valence-electron chi connectivity index (χ1n) is 13.9. The summed E-state index contributed by atoms with van der Waals surface area (Å²) in [5, 5.41) is 5.73. The average molecular weight is 592 g/mol. The van der Waals surface area contributed by atoms with Crippen LogP contribution in [0.4, 0.5) is 17.1 Å². The predicted molar refractivity (Wildman–Crippen MR) is 178 cm³/mol. The summed E-state index contributed by atoms with van der Waals surface area (Å²) >= 11 is 0. The van der Waals surface area contributed by atoms with Crippen LogP contribution in [0.5, 0.6) is 11.5 Å². The molecular weight excluding hydrogens is 562 g/mol. The van der Waals surface area contributed by atoms with Crippen LogP contribution in [0.3, 0.4) is 0 Å². The maximum atomic E-state index is 13.2. The number of benzene rings is 5. The van der Waals surface area contributed by atoms with E-state index in [-0.39, 0.29) is 16.8 Å². The highest BCUT2D eigenvalue weighted by molar-refractivity contribution is 6.09. The van der Waals surface area contributed by atoms with Crippen LogP contribution in [-0.2, 0) is 0 Å². The second-order valence-corrected chi connectivity index (χ2v) is 9.87. The SMILES string of the molecule is COc1ccc(C#Cc2cccc(NC(=O)c3cc(N)cc(C(=O)Nc4cccc(C#Cc5ccc(OC)cc5)c4)c3)c2)cc1. The highest BCUT2D eigenvalue weighted by Crippen LogP contribution is 2.19. The van der Waals surface area contributed by atoms with Crippen molar-refractivity contribution in [1.29, 1.82) is 0 Å². The lowest BCUT2D eigenvalue weighted by Crippen LogP contribution is -2.16. The molecule has 7 nitrogen and oxygen atoms in total. The van der Waals surface area contributed by atoms with E-state index in [1.54, 1.807) is 50.6 Å². The summed E-state index contributed by atoms with van der Waals surface area (Å²) in [6.45, 7) is 0. The van der Waals surface area contributed by atoms with Crippen LogP contribution in [0.2, 0.25) is 0 Å². The highest BCUT2D eigenvalue weighted by Gasteiger charge is 2.13. The molecular formula is C38H29N3O4. The van der Waals surface area contributed by atoms with Gasteiger partial charge in [-0.05, 0) is 103 Å². The summed E-state index contributed by atoms with van der Waals surface area (Å²) in [4.78, 5) is 26.3. The molecule has 0 saturated carbocycles. The molecule has 0 aliphatic carbocycles. The van der Waals surface area contributed by atoms with Gasteiger partial charge in [-0.2, -0.15) is 0 Å². The molecule has 0 heterocycles. The topological polar surface area (TPSA) is 103 Å². The molecule has 0 radical (unpaired) electrons. The molecule has 4 N–H and O–H groups in total. The van der Waals surface area contributed by atoms with E-state index < -0.39 is 11.8 Å². The number of carbonyl (C=O) groups excluding carboxylic acids is 2. The number of amides is 2. The van der Waals surface area contributed by atoms with E-state index >= 15 is 0 Å². The number of ether oxygens (including phenoxy) is 2. The van der Waals surface area contributed by atoms with E-state index in [0.29, 0.717) is 11.4 Å². The van der Waals surface area contributed by atoms with Gasteiger partial charge in [0.05, 0.1) is 14.2 Å². The molecule has 0 spiro atoms. The molecule has 0 unspecified atom stereocenters. The van der Waals surface area contributed by atoms with Gasteiger partial charge < -0.3 is 25.8 Å². The number of hydrogen-bond donors (Lipinski definition) is 3. The Bertz CT molecular complexity index is 1840. The molecule has 5 aromatic carbocycles. The first kappa shape index (κ1) is 30.0. The second kappa shape index (κ2) is 14.2. The summed E-state index contributed by atoms with van der Waals surface area (Å²) in [6, 6.07) is 33.8. The fourth-order valence-electron chi connectivity index (χ4n) is 4.31. The van der Waals surface area contributed by atoms with Crippen molar-refractivity contribution >= 4 is 28.9 Å². The Hall–Kier alpha value is -6.44. The van der Waals surface area contributed by atoms with Gasteiger partial charge >= 0.3 is 0 Å². The van der Waals surface area contributed by atoms with Gasteiger partial charge in [-0.15, -0.1) is 0 Å². The fourth-order valence-corrected chi connectivity index (χ4v) is 4.31. The number of rotatable bonds is 6. The number of carbonyl (C=O) groups is 2. The fraction of sp³-hybridized carbons (Fsp3) is 0.0526. The number of nitrogen functional groups attached to an aromatic ring is 1. The van der Waals surface area contributed by atoms with Gasteiger partial charge in [0.25, 0.3) is 11.8 Å². The van der Waals surface area contributed by atoms with Crippen LogP contribution in [0.15, 0.2) is 115 Å². The Kier molecular flexibility index (Phi) is 9.44. The molecule has 0 bridgehead atoms. The maximum Gasteiger partial charge on any atom is 0.255 e.